The third-order valence-electron chi connectivity index (χ3n) is 5.02. The highest BCUT2D eigenvalue weighted by Crippen LogP contribution is 2.49. The smallest absolute Gasteiger partial charge is 0.123 e. The van der Waals surface area contributed by atoms with Gasteiger partial charge in [-0.05, 0) is 49.3 Å². The van der Waals surface area contributed by atoms with Gasteiger partial charge in [-0.25, -0.2) is 4.39 Å². The van der Waals surface area contributed by atoms with Gasteiger partial charge in [0.05, 0.1) is 11.7 Å². The van der Waals surface area contributed by atoms with Crippen molar-refractivity contribution in [2.45, 2.75) is 50.0 Å². The van der Waals surface area contributed by atoms with Crippen molar-refractivity contribution < 1.29 is 9.13 Å². The third-order valence-corrected chi connectivity index (χ3v) is 5.02. The van der Waals surface area contributed by atoms with Crippen molar-refractivity contribution in [3.8, 4) is 6.07 Å². The Morgan fingerprint density at radius 1 is 1.30 bits per heavy atom. The monoisotopic (exact) mass is 273 g/mol. The molecule has 3 rings (SSSR count). The topological polar surface area (TPSA) is 33.0 Å². The summed E-state index contributed by atoms with van der Waals surface area (Å²) in [5.74, 6) is 0.623. The first kappa shape index (κ1) is 13.6. The van der Waals surface area contributed by atoms with Gasteiger partial charge in [-0.2, -0.15) is 5.26 Å². The van der Waals surface area contributed by atoms with Gasteiger partial charge >= 0.3 is 0 Å². The molecule has 20 heavy (non-hydrogen) atoms. The highest BCUT2D eigenvalue weighted by Gasteiger charge is 2.47. The van der Waals surface area contributed by atoms with Crippen LogP contribution in [-0.2, 0) is 4.74 Å². The highest BCUT2D eigenvalue weighted by molar-refractivity contribution is 5.22. The standard InChI is InChI=1S/C17H20FNO/c18-16-5-3-13(4-6-16)14-8-11-20-17(12-14)9-1-2-15(17)7-10-19/h3-6,14-15H,1-2,7-9,11-12H2/t14-,15?,17?/m0/s1. The van der Waals surface area contributed by atoms with Gasteiger partial charge in [0.25, 0.3) is 0 Å². The molecule has 0 amide bonds. The van der Waals surface area contributed by atoms with Crippen molar-refractivity contribution in [1.82, 2.24) is 0 Å². The van der Waals surface area contributed by atoms with Gasteiger partial charge in [0, 0.05) is 18.9 Å². The van der Waals surface area contributed by atoms with Crippen LogP contribution in [0.4, 0.5) is 4.39 Å². The van der Waals surface area contributed by atoms with Crippen molar-refractivity contribution in [2.24, 2.45) is 5.92 Å². The Labute approximate surface area is 119 Å². The molecule has 0 aromatic heterocycles. The Balaban J connectivity index is 1.79. The molecule has 2 aliphatic rings. The first-order valence-electron chi connectivity index (χ1n) is 7.50. The molecule has 3 heteroatoms. The number of hydrogen-bond donors (Lipinski definition) is 0. The average Bonchev–Trinajstić information content (AvgIpc) is 2.83. The largest absolute Gasteiger partial charge is 0.375 e. The molecule has 3 atom stereocenters. The van der Waals surface area contributed by atoms with Gasteiger partial charge in [-0.1, -0.05) is 18.6 Å². The summed E-state index contributed by atoms with van der Waals surface area (Å²) < 4.78 is 19.2. The first-order valence-corrected chi connectivity index (χ1v) is 7.50. The molecular formula is C17H20FNO. The van der Waals surface area contributed by atoms with E-state index in [1.54, 1.807) is 12.1 Å². The van der Waals surface area contributed by atoms with Gasteiger partial charge in [0.2, 0.25) is 0 Å². The van der Waals surface area contributed by atoms with E-state index in [9.17, 15) is 4.39 Å². The van der Waals surface area contributed by atoms with Crippen LogP contribution in [0.2, 0.25) is 0 Å². The molecule has 2 nitrogen and oxygen atoms in total. The summed E-state index contributed by atoms with van der Waals surface area (Å²) in [5.41, 5.74) is 1.10. The van der Waals surface area contributed by atoms with E-state index in [0.717, 1.165) is 38.7 Å². The summed E-state index contributed by atoms with van der Waals surface area (Å²) in [5, 5.41) is 9.01. The summed E-state index contributed by atoms with van der Waals surface area (Å²) in [6.45, 7) is 0.754. The number of halogens is 1. The Morgan fingerprint density at radius 3 is 2.85 bits per heavy atom. The summed E-state index contributed by atoms with van der Waals surface area (Å²) in [7, 11) is 0. The van der Waals surface area contributed by atoms with Crippen LogP contribution in [0.3, 0.4) is 0 Å². The maximum atomic E-state index is 13.0. The van der Waals surface area contributed by atoms with Crippen LogP contribution in [0.15, 0.2) is 24.3 Å². The SMILES string of the molecule is N#CCC1CCCC12C[C@@H](c1ccc(F)cc1)CCO2. The first-order chi connectivity index (χ1) is 9.73. The van der Waals surface area contributed by atoms with E-state index in [1.165, 1.54) is 5.56 Å². The van der Waals surface area contributed by atoms with Crippen LogP contribution in [-0.4, -0.2) is 12.2 Å². The van der Waals surface area contributed by atoms with Crippen molar-refractivity contribution in [2.75, 3.05) is 6.61 Å². The minimum atomic E-state index is -0.182. The lowest BCUT2D eigenvalue weighted by atomic mass is 9.76. The fourth-order valence-electron chi connectivity index (χ4n) is 3.97. The molecule has 1 spiro atoms. The van der Waals surface area contributed by atoms with Gasteiger partial charge in [0.15, 0.2) is 0 Å². The van der Waals surface area contributed by atoms with E-state index in [2.05, 4.69) is 6.07 Å². The van der Waals surface area contributed by atoms with Crippen molar-refractivity contribution in [1.29, 1.82) is 5.26 Å². The number of ether oxygens (including phenoxy) is 1. The van der Waals surface area contributed by atoms with Crippen LogP contribution >= 0.6 is 0 Å². The predicted molar refractivity (Wildman–Crippen MR) is 74.6 cm³/mol. The Morgan fingerprint density at radius 2 is 2.10 bits per heavy atom. The van der Waals surface area contributed by atoms with E-state index in [-0.39, 0.29) is 11.4 Å². The summed E-state index contributed by atoms with van der Waals surface area (Å²) >= 11 is 0. The number of nitriles is 1. The minimum Gasteiger partial charge on any atom is -0.375 e. The van der Waals surface area contributed by atoms with Crippen LogP contribution in [0.25, 0.3) is 0 Å². The fourth-order valence-corrected chi connectivity index (χ4v) is 3.97. The lowest BCUT2D eigenvalue weighted by molar-refractivity contribution is -0.108. The molecule has 1 saturated carbocycles. The number of rotatable bonds is 2. The zero-order valence-electron chi connectivity index (χ0n) is 11.6. The van der Waals surface area contributed by atoms with Gasteiger partial charge in [0.1, 0.15) is 5.82 Å². The Bertz CT molecular complexity index is 507. The Kier molecular flexibility index (Phi) is 3.76. The van der Waals surface area contributed by atoms with Gasteiger partial charge < -0.3 is 4.74 Å². The predicted octanol–water partition coefficient (Wildman–Crippen LogP) is 4.17. The Hall–Kier alpha value is -1.40. The molecule has 1 aliphatic heterocycles. The molecule has 1 saturated heterocycles. The summed E-state index contributed by atoms with van der Waals surface area (Å²) in [4.78, 5) is 0. The normalized spacial score (nSPS) is 33.2. The highest BCUT2D eigenvalue weighted by atomic mass is 19.1. The van der Waals surface area contributed by atoms with E-state index in [1.807, 2.05) is 12.1 Å². The van der Waals surface area contributed by atoms with Crippen molar-refractivity contribution in [3.05, 3.63) is 35.6 Å². The summed E-state index contributed by atoms with van der Waals surface area (Å²) in [6.07, 6.45) is 5.89. The second kappa shape index (κ2) is 5.54. The molecule has 106 valence electrons. The van der Waals surface area contributed by atoms with Crippen molar-refractivity contribution >= 4 is 0 Å². The van der Waals surface area contributed by atoms with E-state index >= 15 is 0 Å². The lowest BCUT2D eigenvalue weighted by Gasteiger charge is -2.42. The number of hydrogen-bond acceptors (Lipinski definition) is 2. The third kappa shape index (κ3) is 2.45. The van der Waals surface area contributed by atoms with E-state index in [4.69, 9.17) is 10.00 Å². The average molecular weight is 273 g/mol. The van der Waals surface area contributed by atoms with Crippen molar-refractivity contribution in [3.63, 3.8) is 0 Å². The zero-order chi connectivity index (χ0) is 14.0. The maximum Gasteiger partial charge on any atom is 0.123 e. The zero-order valence-corrected chi connectivity index (χ0v) is 11.6. The molecule has 0 bridgehead atoms. The molecule has 1 heterocycles. The molecule has 0 radical (unpaired) electrons. The molecule has 2 unspecified atom stereocenters. The molecule has 0 N–H and O–H groups in total. The number of benzene rings is 1. The van der Waals surface area contributed by atoms with Crippen LogP contribution in [0, 0.1) is 23.1 Å². The second-order valence-electron chi connectivity index (χ2n) is 6.11. The molecule has 1 aromatic carbocycles. The quantitative estimate of drug-likeness (QED) is 0.810. The van der Waals surface area contributed by atoms with Gasteiger partial charge in [-0.3, -0.25) is 0 Å². The minimum absolute atomic E-state index is 0.104. The van der Waals surface area contributed by atoms with Gasteiger partial charge in [-0.15, -0.1) is 0 Å². The number of nitrogens with zero attached hydrogens (tertiary/aromatic N) is 1. The fraction of sp³-hybridized carbons (Fsp3) is 0.588. The van der Waals surface area contributed by atoms with Crippen LogP contribution < -0.4 is 0 Å². The van der Waals surface area contributed by atoms with E-state index in [0.29, 0.717) is 18.3 Å². The summed E-state index contributed by atoms with van der Waals surface area (Å²) in [6, 6.07) is 9.19. The van der Waals surface area contributed by atoms with Crippen LogP contribution in [0.1, 0.15) is 50.0 Å². The molecular weight excluding hydrogens is 253 g/mol. The molecule has 1 aromatic rings. The maximum absolute atomic E-state index is 13.0. The lowest BCUT2D eigenvalue weighted by Crippen LogP contribution is -2.42. The van der Waals surface area contributed by atoms with Crippen LogP contribution in [0.5, 0.6) is 0 Å². The second-order valence-corrected chi connectivity index (χ2v) is 6.11. The molecule has 1 aliphatic carbocycles. The molecule has 2 fully saturated rings. The van der Waals surface area contributed by atoms with E-state index < -0.39 is 0 Å².